The molecular formula is C10H13BrFNO2. The molecule has 0 bridgehead atoms. The second-order valence-electron chi connectivity index (χ2n) is 3.11. The van der Waals surface area contributed by atoms with E-state index < -0.39 is 5.82 Å². The molecule has 0 aliphatic rings. The van der Waals surface area contributed by atoms with Gasteiger partial charge in [0.15, 0.2) is 11.5 Å². The summed E-state index contributed by atoms with van der Waals surface area (Å²) < 4.78 is 18.8. The van der Waals surface area contributed by atoms with E-state index in [-0.39, 0.29) is 11.5 Å². The molecule has 1 aromatic rings. The third-order valence-electron chi connectivity index (χ3n) is 2.08. The van der Waals surface area contributed by atoms with Gasteiger partial charge in [-0.1, -0.05) is 0 Å². The summed E-state index contributed by atoms with van der Waals surface area (Å²) >= 11 is 3.18. The van der Waals surface area contributed by atoms with Gasteiger partial charge in [-0.25, -0.2) is 0 Å². The van der Waals surface area contributed by atoms with E-state index in [1.165, 1.54) is 7.11 Å². The molecule has 3 N–H and O–H groups in total. The van der Waals surface area contributed by atoms with E-state index in [2.05, 4.69) is 15.9 Å². The van der Waals surface area contributed by atoms with Crippen molar-refractivity contribution >= 4 is 15.9 Å². The van der Waals surface area contributed by atoms with Crippen LogP contribution in [-0.2, 0) is 6.42 Å². The largest absolute Gasteiger partial charge is 0.505 e. The fourth-order valence-electron chi connectivity index (χ4n) is 1.31. The summed E-state index contributed by atoms with van der Waals surface area (Å²) in [5.41, 5.74) is 5.88. The lowest BCUT2D eigenvalue weighted by Gasteiger charge is -2.10. The minimum absolute atomic E-state index is 0.0176. The highest BCUT2D eigenvalue weighted by Gasteiger charge is 2.16. The van der Waals surface area contributed by atoms with Crippen molar-refractivity contribution in [2.75, 3.05) is 13.7 Å². The molecule has 0 spiro atoms. The molecule has 0 atom stereocenters. The van der Waals surface area contributed by atoms with Crippen LogP contribution in [0.25, 0.3) is 0 Å². The molecule has 0 aromatic heterocycles. The van der Waals surface area contributed by atoms with E-state index in [1.54, 1.807) is 6.07 Å². The predicted molar refractivity (Wildman–Crippen MR) is 59.7 cm³/mol. The Hall–Kier alpha value is -0.810. The minimum Gasteiger partial charge on any atom is -0.505 e. The topological polar surface area (TPSA) is 55.5 Å². The first-order valence-electron chi connectivity index (χ1n) is 4.55. The molecule has 0 fully saturated rings. The molecule has 3 nitrogen and oxygen atoms in total. The molecule has 0 unspecified atom stereocenters. The zero-order valence-electron chi connectivity index (χ0n) is 8.39. The van der Waals surface area contributed by atoms with Gasteiger partial charge >= 0.3 is 0 Å². The van der Waals surface area contributed by atoms with Crippen molar-refractivity contribution in [1.29, 1.82) is 0 Å². The number of rotatable bonds is 4. The maximum Gasteiger partial charge on any atom is 0.208 e. The highest BCUT2D eigenvalue weighted by atomic mass is 79.9. The molecule has 0 radical (unpaired) electrons. The van der Waals surface area contributed by atoms with Gasteiger partial charge in [-0.2, -0.15) is 4.39 Å². The van der Waals surface area contributed by atoms with Crippen LogP contribution in [0, 0.1) is 5.82 Å². The number of aromatic hydroxyl groups is 1. The van der Waals surface area contributed by atoms with Gasteiger partial charge in [-0.3, -0.25) is 0 Å². The Labute approximate surface area is 96.2 Å². The van der Waals surface area contributed by atoms with E-state index in [9.17, 15) is 9.50 Å². The Morgan fingerprint density at radius 2 is 2.27 bits per heavy atom. The summed E-state index contributed by atoms with van der Waals surface area (Å²) in [6, 6.07) is 1.65. The Morgan fingerprint density at radius 3 is 2.80 bits per heavy atom. The molecule has 0 heterocycles. The second-order valence-corrected chi connectivity index (χ2v) is 3.96. The summed E-state index contributed by atoms with van der Waals surface area (Å²) in [6.07, 6.45) is 1.24. The average Bonchev–Trinajstić information content (AvgIpc) is 2.22. The fourth-order valence-corrected chi connectivity index (χ4v) is 1.92. The number of halogens is 2. The number of hydrogen-bond acceptors (Lipinski definition) is 3. The smallest absolute Gasteiger partial charge is 0.208 e. The maximum atomic E-state index is 13.5. The van der Waals surface area contributed by atoms with Gasteiger partial charge in [0.05, 0.1) is 11.6 Å². The molecule has 1 aromatic carbocycles. The number of phenolic OH excluding ortho intramolecular Hbond substituents is 1. The third kappa shape index (κ3) is 2.60. The van der Waals surface area contributed by atoms with Gasteiger partial charge in [-0.15, -0.1) is 0 Å². The van der Waals surface area contributed by atoms with Gasteiger partial charge < -0.3 is 15.6 Å². The van der Waals surface area contributed by atoms with E-state index in [1.807, 2.05) is 0 Å². The van der Waals surface area contributed by atoms with Crippen LogP contribution in [0.1, 0.15) is 12.0 Å². The molecule has 0 amide bonds. The van der Waals surface area contributed by atoms with Crippen molar-refractivity contribution in [3.63, 3.8) is 0 Å². The molecule has 5 heteroatoms. The van der Waals surface area contributed by atoms with Crippen molar-refractivity contribution in [2.45, 2.75) is 12.8 Å². The predicted octanol–water partition coefficient (Wildman–Crippen LogP) is 2.19. The number of aryl methyl sites for hydroxylation is 1. The summed E-state index contributed by atoms with van der Waals surface area (Å²) in [5.74, 6) is -1.08. The number of benzene rings is 1. The molecule has 0 saturated heterocycles. The van der Waals surface area contributed by atoms with Gasteiger partial charge in [0.25, 0.3) is 0 Å². The first-order valence-corrected chi connectivity index (χ1v) is 5.35. The highest BCUT2D eigenvalue weighted by molar-refractivity contribution is 9.10. The summed E-state index contributed by atoms with van der Waals surface area (Å²) in [6.45, 7) is 0.505. The monoisotopic (exact) mass is 277 g/mol. The summed E-state index contributed by atoms with van der Waals surface area (Å²) in [4.78, 5) is 0. The zero-order valence-corrected chi connectivity index (χ0v) is 9.97. The van der Waals surface area contributed by atoms with E-state index in [0.29, 0.717) is 29.4 Å². The Balaban J connectivity index is 3.10. The Kier molecular flexibility index (Phi) is 4.35. The molecular weight excluding hydrogens is 265 g/mol. The molecule has 0 saturated carbocycles. The molecule has 1 rings (SSSR count). The number of methoxy groups -OCH3 is 1. The lowest BCUT2D eigenvalue weighted by Crippen LogP contribution is -2.01. The lowest BCUT2D eigenvalue weighted by atomic mass is 10.1. The van der Waals surface area contributed by atoms with Crippen LogP contribution < -0.4 is 10.5 Å². The van der Waals surface area contributed by atoms with Gasteiger partial charge in [0.2, 0.25) is 5.82 Å². The number of phenols is 1. The van der Waals surface area contributed by atoms with Crippen molar-refractivity contribution in [1.82, 2.24) is 0 Å². The number of nitrogens with two attached hydrogens (primary N) is 1. The van der Waals surface area contributed by atoms with Crippen molar-refractivity contribution in [3.05, 3.63) is 21.9 Å². The van der Waals surface area contributed by atoms with Crippen LogP contribution in [0.4, 0.5) is 4.39 Å². The van der Waals surface area contributed by atoms with Gasteiger partial charge in [-0.05, 0) is 46.9 Å². The van der Waals surface area contributed by atoms with E-state index in [0.717, 1.165) is 0 Å². The van der Waals surface area contributed by atoms with Gasteiger partial charge in [0, 0.05) is 0 Å². The first-order chi connectivity index (χ1) is 7.11. The first kappa shape index (κ1) is 12.3. The molecule has 84 valence electrons. The van der Waals surface area contributed by atoms with E-state index >= 15 is 0 Å². The molecule has 0 aliphatic carbocycles. The van der Waals surface area contributed by atoms with E-state index in [4.69, 9.17) is 10.5 Å². The summed E-state index contributed by atoms with van der Waals surface area (Å²) in [5, 5.41) is 9.54. The molecule has 15 heavy (non-hydrogen) atoms. The average molecular weight is 278 g/mol. The Bertz CT molecular complexity index is 358. The SMILES string of the molecule is COc1c(Br)cc(CCCN)c(O)c1F. The van der Waals surface area contributed by atoms with Crippen LogP contribution >= 0.6 is 15.9 Å². The number of ether oxygens (including phenoxy) is 1. The third-order valence-corrected chi connectivity index (χ3v) is 2.67. The van der Waals surface area contributed by atoms with Crippen LogP contribution in [0.15, 0.2) is 10.5 Å². The normalized spacial score (nSPS) is 10.4. The molecule has 0 aliphatic heterocycles. The van der Waals surface area contributed by atoms with Crippen LogP contribution in [0.3, 0.4) is 0 Å². The van der Waals surface area contributed by atoms with Crippen LogP contribution in [-0.4, -0.2) is 18.8 Å². The van der Waals surface area contributed by atoms with Gasteiger partial charge in [0.1, 0.15) is 0 Å². The van der Waals surface area contributed by atoms with Crippen molar-refractivity contribution in [2.24, 2.45) is 5.73 Å². The quantitative estimate of drug-likeness (QED) is 0.887. The highest BCUT2D eigenvalue weighted by Crippen LogP contribution is 2.36. The Morgan fingerprint density at radius 1 is 1.60 bits per heavy atom. The standard InChI is InChI=1S/C10H13BrFNO2/c1-15-10-7(11)5-6(3-2-4-13)9(14)8(10)12/h5,14H,2-4,13H2,1H3. The fraction of sp³-hybridized carbons (Fsp3) is 0.400. The second kappa shape index (κ2) is 5.32. The van der Waals surface area contributed by atoms with Crippen molar-refractivity contribution in [3.8, 4) is 11.5 Å². The van der Waals surface area contributed by atoms with Crippen molar-refractivity contribution < 1.29 is 14.2 Å². The van der Waals surface area contributed by atoms with Crippen LogP contribution in [0.2, 0.25) is 0 Å². The number of hydrogen-bond donors (Lipinski definition) is 2. The summed E-state index contributed by atoms with van der Waals surface area (Å²) in [7, 11) is 1.35. The lowest BCUT2D eigenvalue weighted by molar-refractivity contribution is 0.359. The minimum atomic E-state index is -0.737. The zero-order chi connectivity index (χ0) is 11.4. The maximum absolute atomic E-state index is 13.5. The van der Waals surface area contributed by atoms with Crippen LogP contribution in [0.5, 0.6) is 11.5 Å².